The van der Waals surface area contributed by atoms with Crippen LogP contribution in [0.5, 0.6) is 0 Å². The van der Waals surface area contributed by atoms with E-state index in [0.717, 1.165) is 44.6 Å². The first-order chi connectivity index (χ1) is 11.1. The SMILES string of the molecule is CN=C(NCc1cnc(CC(C)C)s1)N(C)CCOCC1CC1. The van der Waals surface area contributed by atoms with E-state index in [1.165, 1.54) is 22.7 Å². The summed E-state index contributed by atoms with van der Waals surface area (Å²) in [5.74, 6) is 2.37. The standard InChI is InChI=1S/C17H30N4OS/c1-13(2)9-16-19-10-15(23-16)11-20-17(18-3)21(4)7-8-22-12-14-5-6-14/h10,13-14H,5-9,11-12H2,1-4H3,(H,18,20). The topological polar surface area (TPSA) is 49.8 Å². The molecule has 0 aromatic carbocycles. The van der Waals surface area contributed by atoms with Crippen LogP contribution in [0.15, 0.2) is 11.2 Å². The molecule has 1 aliphatic rings. The summed E-state index contributed by atoms with van der Waals surface area (Å²) in [4.78, 5) is 12.2. The van der Waals surface area contributed by atoms with Crippen LogP contribution in [0.2, 0.25) is 0 Å². The summed E-state index contributed by atoms with van der Waals surface area (Å²) in [7, 11) is 3.87. The molecule has 0 aliphatic heterocycles. The lowest BCUT2D eigenvalue weighted by molar-refractivity contribution is 0.115. The van der Waals surface area contributed by atoms with E-state index in [1.807, 2.05) is 20.3 Å². The number of guanidine groups is 1. The van der Waals surface area contributed by atoms with Gasteiger partial charge in [-0.15, -0.1) is 11.3 Å². The number of hydrogen-bond acceptors (Lipinski definition) is 4. The highest BCUT2D eigenvalue weighted by atomic mass is 32.1. The number of nitrogens with zero attached hydrogens (tertiary/aromatic N) is 3. The predicted molar refractivity (Wildman–Crippen MR) is 97.0 cm³/mol. The lowest BCUT2D eigenvalue weighted by atomic mass is 10.1. The van der Waals surface area contributed by atoms with Gasteiger partial charge in [-0.3, -0.25) is 4.99 Å². The zero-order valence-electron chi connectivity index (χ0n) is 14.8. The van der Waals surface area contributed by atoms with Crippen molar-refractivity contribution in [3.05, 3.63) is 16.1 Å². The predicted octanol–water partition coefficient (Wildman–Crippen LogP) is 2.78. The van der Waals surface area contributed by atoms with Gasteiger partial charge in [0.25, 0.3) is 0 Å². The van der Waals surface area contributed by atoms with Crippen molar-refractivity contribution in [3.63, 3.8) is 0 Å². The zero-order valence-corrected chi connectivity index (χ0v) is 15.7. The molecule has 1 aromatic rings. The largest absolute Gasteiger partial charge is 0.379 e. The van der Waals surface area contributed by atoms with Crippen LogP contribution in [0.3, 0.4) is 0 Å². The van der Waals surface area contributed by atoms with Crippen LogP contribution < -0.4 is 5.32 Å². The average molecular weight is 339 g/mol. The van der Waals surface area contributed by atoms with Crippen LogP contribution >= 0.6 is 11.3 Å². The van der Waals surface area contributed by atoms with Crippen molar-refractivity contribution in [1.82, 2.24) is 15.2 Å². The smallest absolute Gasteiger partial charge is 0.193 e. The van der Waals surface area contributed by atoms with Crippen LogP contribution in [-0.4, -0.2) is 49.7 Å². The summed E-state index contributed by atoms with van der Waals surface area (Å²) in [6.07, 6.45) is 5.71. The second kappa shape index (κ2) is 9.23. The quantitative estimate of drug-likeness (QED) is 0.427. The molecule has 1 N–H and O–H groups in total. The fourth-order valence-electron chi connectivity index (χ4n) is 2.27. The van der Waals surface area contributed by atoms with Gasteiger partial charge in [0.15, 0.2) is 5.96 Å². The van der Waals surface area contributed by atoms with Gasteiger partial charge < -0.3 is 15.0 Å². The number of aliphatic imine (C=N–C) groups is 1. The number of nitrogens with one attached hydrogen (secondary N) is 1. The Bertz CT molecular complexity index is 497. The molecule has 1 fully saturated rings. The van der Waals surface area contributed by atoms with Gasteiger partial charge in [0.2, 0.25) is 0 Å². The second-order valence-electron chi connectivity index (χ2n) is 6.66. The zero-order chi connectivity index (χ0) is 16.7. The molecule has 130 valence electrons. The molecule has 1 saturated carbocycles. The Labute approximate surface area is 144 Å². The molecule has 0 radical (unpaired) electrons. The number of aromatic nitrogens is 1. The highest BCUT2D eigenvalue weighted by molar-refractivity contribution is 7.11. The van der Waals surface area contributed by atoms with E-state index in [2.05, 4.69) is 34.0 Å². The molecule has 5 nitrogen and oxygen atoms in total. The first-order valence-corrected chi connectivity index (χ1v) is 9.33. The first-order valence-electron chi connectivity index (χ1n) is 8.51. The molecule has 0 atom stereocenters. The third kappa shape index (κ3) is 6.87. The van der Waals surface area contributed by atoms with Gasteiger partial charge in [0.05, 0.1) is 18.2 Å². The van der Waals surface area contributed by atoms with E-state index in [-0.39, 0.29) is 0 Å². The van der Waals surface area contributed by atoms with E-state index in [9.17, 15) is 0 Å². The molecule has 1 aliphatic carbocycles. The lowest BCUT2D eigenvalue weighted by Gasteiger charge is -2.21. The van der Waals surface area contributed by atoms with Crippen molar-refractivity contribution < 1.29 is 4.74 Å². The van der Waals surface area contributed by atoms with Crippen molar-refractivity contribution in [1.29, 1.82) is 0 Å². The van der Waals surface area contributed by atoms with E-state index < -0.39 is 0 Å². The maximum atomic E-state index is 5.69. The fraction of sp³-hybridized carbons (Fsp3) is 0.765. The van der Waals surface area contributed by atoms with Crippen LogP contribution in [0.4, 0.5) is 0 Å². The van der Waals surface area contributed by atoms with Gasteiger partial charge in [-0.1, -0.05) is 13.8 Å². The Balaban J connectivity index is 1.69. The Morgan fingerprint density at radius 3 is 2.96 bits per heavy atom. The molecule has 1 heterocycles. The molecule has 6 heteroatoms. The highest BCUT2D eigenvalue weighted by Gasteiger charge is 2.21. The van der Waals surface area contributed by atoms with Crippen molar-refractivity contribution in [3.8, 4) is 0 Å². The third-order valence-electron chi connectivity index (χ3n) is 3.80. The van der Waals surface area contributed by atoms with Crippen LogP contribution in [0, 0.1) is 11.8 Å². The molecule has 0 spiro atoms. The molecular weight excluding hydrogens is 308 g/mol. The van der Waals surface area contributed by atoms with Gasteiger partial charge in [-0.25, -0.2) is 4.98 Å². The second-order valence-corrected chi connectivity index (χ2v) is 7.86. The molecule has 0 bridgehead atoms. The van der Waals surface area contributed by atoms with Crippen LogP contribution in [-0.2, 0) is 17.7 Å². The molecule has 1 aromatic heterocycles. The maximum absolute atomic E-state index is 5.69. The van der Waals surface area contributed by atoms with Crippen molar-refractivity contribution in [2.75, 3.05) is 33.9 Å². The van der Waals surface area contributed by atoms with Crippen molar-refractivity contribution >= 4 is 17.3 Å². The van der Waals surface area contributed by atoms with Crippen LogP contribution in [0.1, 0.15) is 36.6 Å². The van der Waals surface area contributed by atoms with Gasteiger partial charge in [0.1, 0.15) is 0 Å². The third-order valence-corrected chi connectivity index (χ3v) is 4.82. The number of thiazole rings is 1. The summed E-state index contributed by atoms with van der Waals surface area (Å²) in [5, 5.41) is 4.62. The Kier molecular flexibility index (Phi) is 7.30. The first kappa shape index (κ1) is 18.2. The van der Waals surface area contributed by atoms with Crippen molar-refractivity contribution in [2.45, 2.75) is 39.7 Å². The molecule has 0 saturated heterocycles. The Morgan fingerprint density at radius 1 is 1.52 bits per heavy atom. The van der Waals surface area contributed by atoms with Gasteiger partial charge in [0, 0.05) is 44.7 Å². The van der Waals surface area contributed by atoms with Gasteiger partial charge in [-0.05, 0) is 24.7 Å². The number of hydrogen-bond donors (Lipinski definition) is 1. The molecule has 2 rings (SSSR count). The van der Waals surface area contributed by atoms with E-state index in [4.69, 9.17) is 4.74 Å². The van der Waals surface area contributed by atoms with E-state index in [0.29, 0.717) is 5.92 Å². The molecule has 0 unspecified atom stereocenters. The monoisotopic (exact) mass is 338 g/mol. The van der Waals surface area contributed by atoms with E-state index >= 15 is 0 Å². The lowest BCUT2D eigenvalue weighted by Crippen LogP contribution is -2.40. The minimum absolute atomic E-state index is 0.650. The number of rotatable bonds is 9. The summed E-state index contributed by atoms with van der Waals surface area (Å²) in [6, 6.07) is 0. The minimum atomic E-state index is 0.650. The Morgan fingerprint density at radius 2 is 2.30 bits per heavy atom. The van der Waals surface area contributed by atoms with Crippen molar-refractivity contribution in [2.24, 2.45) is 16.8 Å². The average Bonchev–Trinajstić information content (AvgIpc) is 3.23. The van der Waals surface area contributed by atoms with Gasteiger partial charge in [-0.2, -0.15) is 0 Å². The van der Waals surface area contributed by atoms with Gasteiger partial charge >= 0.3 is 0 Å². The Hall–Kier alpha value is -1.14. The fourth-order valence-corrected chi connectivity index (χ4v) is 3.34. The summed E-state index contributed by atoms with van der Waals surface area (Å²) >= 11 is 1.79. The minimum Gasteiger partial charge on any atom is -0.379 e. The summed E-state index contributed by atoms with van der Waals surface area (Å²) in [5.41, 5.74) is 0. The maximum Gasteiger partial charge on any atom is 0.193 e. The normalized spacial score (nSPS) is 15.3. The molecular formula is C17H30N4OS. The number of likely N-dealkylation sites (N-methyl/N-ethyl adjacent to an activating group) is 1. The summed E-state index contributed by atoms with van der Waals surface area (Å²) in [6.45, 7) is 7.75. The molecule has 0 amide bonds. The summed E-state index contributed by atoms with van der Waals surface area (Å²) < 4.78 is 5.69. The number of ether oxygens (including phenoxy) is 1. The van der Waals surface area contributed by atoms with E-state index in [1.54, 1.807) is 11.3 Å². The highest BCUT2D eigenvalue weighted by Crippen LogP contribution is 2.28. The molecule has 23 heavy (non-hydrogen) atoms. The van der Waals surface area contributed by atoms with Crippen LogP contribution in [0.25, 0.3) is 0 Å².